The van der Waals surface area contributed by atoms with Crippen molar-refractivity contribution in [1.82, 2.24) is 0 Å². The zero-order chi connectivity index (χ0) is 68.6. The van der Waals surface area contributed by atoms with Crippen molar-refractivity contribution in [3.63, 3.8) is 0 Å². The summed E-state index contributed by atoms with van der Waals surface area (Å²) in [4.78, 5) is 15.2. The number of nitrogens with zero attached hydrogens (tertiary/aromatic N) is 4. The van der Waals surface area contributed by atoms with E-state index in [4.69, 9.17) is 0 Å². The van der Waals surface area contributed by atoms with E-state index in [1.165, 1.54) is 85.7 Å². The second-order valence-electron chi connectivity index (χ2n) is 27.1. The van der Waals surface area contributed by atoms with Gasteiger partial charge in [-0.25, -0.2) is 0 Å². The largest absolute Gasteiger partial charge is 0.311 e. The van der Waals surface area contributed by atoms with Crippen LogP contribution < -0.4 is 52.4 Å². The Balaban J connectivity index is 0.825. The average molecular weight is 1360 g/mol. The molecule has 4 aliphatic rings. The minimum atomic E-state index is -0.161. The van der Waals surface area contributed by atoms with Gasteiger partial charge in [-0.3, -0.25) is 0 Å². The Morgan fingerprint density at radius 2 is 0.567 bits per heavy atom. The number of para-hydroxylation sites is 3. The van der Waals surface area contributed by atoms with Crippen LogP contribution in [0.5, 0.6) is 0 Å². The van der Waals surface area contributed by atoms with E-state index in [0.29, 0.717) is 0 Å². The molecular weight excluding hydrogens is 1290 g/mol. The van der Waals surface area contributed by atoms with E-state index >= 15 is 0 Å². The molecule has 8 heteroatoms. The van der Waals surface area contributed by atoms with Gasteiger partial charge < -0.3 is 19.6 Å². The molecule has 4 heterocycles. The van der Waals surface area contributed by atoms with Crippen LogP contribution in [0.25, 0.3) is 55.6 Å². The third-order valence-corrected chi connectivity index (χ3v) is 23.4. The Labute approximate surface area is 616 Å². The molecule has 0 saturated carbocycles. The van der Waals surface area contributed by atoms with Crippen molar-refractivity contribution in [2.45, 2.75) is 19.6 Å². The highest BCUT2D eigenvalue weighted by Crippen LogP contribution is 2.52. The van der Waals surface area contributed by atoms with E-state index in [1.54, 1.807) is 0 Å². The van der Waals surface area contributed by atoms with E-state index in [1.807, 2.05) is 23.5 Å². The molecule has 104 heavy (non-hydrogen) atoms. The summed E-state index contributed by atoms with van der Waals surface area (Å²) < 4.78 is 0. The number of rotatable bonds is 13. The SMILES string of the molecule is c1ccc(-c2ccc(N(c3ccc(-c4ccccc4)cc3)c3cc4c5c(c3)Sc3cc6c(cc3B5c3ccccc3S4)B3c4ccccc4N(c4ccccc4)c4cc(N(c5ccc(-c7ccccc7)cc5)c5ccc(-c7ccccc7)cc5)cc(c43)N6c3ccccc3-c3ccccc3)cc2)cc1. The molecule has 0 aliphatic carbocycles. The Hall–Kier alpha value is -12.5. The minimum Gasteiger partial charge on any atom is -0.311 e. The van der Waals surface area contributed by atoms with Gasteiger partial charge in [0.2, 0.25) is 6.71 Å². The molecule has 0 spiro atoms. The van der Waals surface area contributed by atoms with Crippen molar-refractivity contribution in [2.24, 2.45) is 0 Å². The average Bonchev–Trinajstić information content (AvgIpc) is 0.689. The smallest absolute Gasteiger partial charge is 0.252 e. The van der Waals surface area contributed by atoms with Gasteiger partial charge >= 0.3 is 0 Å². The number of benzene rings is 16. The standard InChI is InChI=1S/C96H64B2N4S2/c1-7-25-65(26-8-1)69-43-51-75(52-44-69)99(76-53-45-70(46-54-76)66-27-9-2-10-28-66)79-59-89-95-90(60-79)102(86-40-22-19-37-81(86)73-33-15-5-16-34-73)88-64-92-85(63-84(88)97(95)82-38-20-23-41-87(82)101(89)74-35-17-6-18-36-74)98-83-39-21-24-42-91(83)103-93-61-80(62-94(104-92)96(93)98)100(77-55-47-71(48-56-77)67-29-11-3-12-30-67)78-57-49-72(50-58-78)68-31-13-4-14-32-68/h1-64H. The van der Waals surface area contributed by atoms with Crippen molar-refractivity contribution < 1.29 is 0 Å². The van der Waals surface area contributed by atoms with Gasteiger partial charge in [-0.05, 0) is 181 Å². The molecule has 0 atom stereocenters. The van der Waals surface area contributed by atoms with E-state index in [2.05, 4.69) is 408 Å². The molecule has 0 bridgehead atoms. The van der Waals surface area contributed by atoms with Crippen molar-refractivity contribution >= 4 is 138 Å². The van der Waals surface area contributed by atoms with Crippen molar-refractivity contribution in [2.75, 3.05) is 19.6 Å². The fraction of sp³-hybridized carbons (Fsp3) is 0. The summed E-state index contributed by atoms with van der Waals surface area (Å²) in [7, 11) is 0. The van der Waals surface area contributed by atoms with Crippen LogP contribution in [-0.4, -0.2) is 13.4 Å². The van der Waals surface area contributed by atoms with Crippen LogP contribution in [0.15, 0.2) is 408 Å². The van der Waals surface area contributed by atoms with Crippen LogP contribution in [-0.2, 0) is 0 Å². The molecule has 0 N–H and O–H groups in total. The van der Waals surface area contributed by atoms with Crippen LogP contribution in [0.2, 0.25) is 0 Å². The summed E-state index contributed by atoms with van der Waals surface area (Å²) in [6.45, 7) is -0.203. The minimum absolute atomic E-state index is 0.0418. The molecule has 16 aromatic rings. The summed E-state index contributed by atoms with van der Waals surface area (Å²) in [6, 6.07) is 144. The molecule has 0 saturated heterocycles. The first-order valence-electron chi connectivity index (χ1n) is 35.7. The van der Waals surface area contributed by atoms with Gasteiger partial charge in [0.05, 0.1) is 11.4 Å². The summed E-state index contributed by atoms with van der Waals surface area (Å²) in [5.41, 5.74) is 32.8. The van der Waals surface area contributed by atoms with Gasteiger partial charge in [0, 0.05) is 82.0 Å². The molecule has 4 nitrogen and oxygen atoms in total. The Morgan fingerprint density at radius 1 is 0.202 bits per heavy atom. The quantitative estimate of drug-likeness (QED) is 0.106. The predicted molar refractivity (Wildman–Crippen MR) is 443 cm³/mol. The second kappa shape index (κ2) is 25.9. The highest BCUT2D eigenvalue weighted by Gasteiger charge is 2.47. The fourth-order valence-corrected chi connectivity index (χ4v) is 18.9. The number of anilines is 12. The lowest BCUT2D eigenvalue weighted by molar-refractivity contribution is 1.22. The molecule has 486 valence electrons. The van der Waals surface area contributed by atoms with Gasteiger partial charge in [0.15, 0.2) is 0 Å². The first kappa shape index (κ1) is 61.4. The van der Waals surface area contributed by atoms with Crippen LogP contribution in [0.4, 0.5) is 68.2 Å². The summed E-state index contributed by atoms with van der Waals surface area (Å²) in [5, 5.41) is 0. The molecular formula is C96H64B2N4S2. The third kappa shape index (κ3) is 10.7. The van der Waals surface area contributed by atoms with Crippen LogP contribution >= 0.6 is 23.5 Å². The fourth-order valence-electron chi connectivity index (χ4n) is 16.4. The molecule has 4 aliphatic heterocycles. The molecule has 0 fully saturated rings. The van der Waals surface area contributed by atoms with Gasteiger partial charge in [-0.1, -0.05) is 314 Å². The highest BCUT2D eigenvalue weighted by atomic mass is 32.2. The highest BCUT2D eigenvalue weighted by molar-refractivity contribution is 8.01. The molecule has 0 amide bonds. The van der Waals surface area contributed by atoms with Crippen LogP contribution in [0.1, 0.15) is 0 Å². The maximum absolute atomic E-state index is 2.65. The first-order chi connectivity index (χ1) is 51.6. The van der Waals surface area contributed by atoms with Gasteiger partial charge in [0.1, 0.15) is 0 Å². The van der Waals surface area contributed by atoms with Gasteiger partial charge in [-0.15, -0.1) is 0 Å². The summed E-state index contributed by atoms with van der Waals surface area (Å²) in [5.74, 6) is 0. The Bertz CT molecular complexity index is 5750. The first-order valence-corrected chi connectivity index (χ1v) is 37.3. The Morgan fingerprint density at radius 3 is 1.06 bits per heavy atom. The summed E-state index contributed by atoms with van der Waals surface area (Å²) in [6.07, 6.45) is 0. The zero-order valence-electron chi connectivity index (χ0n) is 56.7. The van der Waals surface area contributed by atoms with E-state index in [-0.39, 0.29) is 13.4 Å². The predicted octanol–water partition coefficient (Wildman–Crippen LogP) is 22.5. The normalized spacial score (nSPS) is 12.7. The lowest BCUT2D eigenvalue weighted by Gasteiger charge is -2.46. The Kier molecular flexibility index (Phi) is 15.3. The number of fused-ring (bicyclic) bond motifs is 8. The lowest BCUT2D eigenvalue weighted by Crippen LogP contribution is -2.64. The van der Waals surface area contributed by atoms with Gasteiger partial charge in [-0.2, -0.15) is 0 Å². The van der Waals surface area contributed by atoms with E-state index < -0.39 is 0 Å². The van der Waals surface area contributed by atoms with Crippen LogP contribution in [0, 0.1) is 0 Å². The number of hydrogen-bond donors (Lipinski definition) is 0. The maximum atomic E-state index is 2.65. The van der Waals surface area contributed by atoms with Crippen LogP contribution in [0.3, 0.4) is 0 Å². The molecule has 16 aromatic carbocycles. The van der Waals surface area contributed by atoms with E-state index in [9.17, 15) is 0 Å². The lowest BCUT2D eigenvalue weighted by atomic mass is 9.31. The summed E-state index contributed by atoms with van der Waals surface area (Å²) >= 11 is 3.83. The third-order valence-electron chi connectivity index (χ3n) is 21.1. The van der Waals surface area contributed by atoms with Crippen molar-refractivity contribution in [3.8, 4) is 55.6 Å². The molecule has 0 aromatic heterocycles. The maximum Gasteiger partial charge on any atom is 0.252 e. The topological polar surface area (TPSA) is 13.0 Å². The monoisotopic (exact) mass is 1360 g/mol. The van der Waals surface area contributed by atoms with Crippen molar-refractivity contribution in [1.29, 1.82) is 0 Å². The van der Waals surface area contributed by atoms with E-state index in [0.717, 1.165) is 90.5 Å². The molecule has 20 rings (SSSR count). The van der Waals surface area contributed by atoms with Crippen molar-refractivity contribution in [3.05, 3.63) is 388 Å². The van der Waals surface area contributed by atoms with Gasteiger partial charge in [0.25, 0.3) is 6.71 Å². The number of hydrogen-bond acceptors (Lipinski definition) is 6. The molecule has 0 radical (unpaired) electrons. The second-order valence-corrected chi connectivity index (χ2v) is 29.2. The molecule has 0 unspecified atom stereocenters. The zero-order valence-corrected chi connectivity index (χ0v) is 58.3.